The van der Waals surface area contributed by atoms with Gasteiger partial charge in [0.15, 0.2) is 0 Å². The molecule has 7 heteroatoms. The van der Waals surface area contributed by atoms with Gasteiger partial charge in [0.05, 0.1) is 15.8 Å². The Morgan fingerprint density at radius 2 is 1.39 bits per heavy atom. The fourth-order valence-corrected chi connectivity index (χ4v) is 4.62. The Hall–Kier alpha value is -1.56. The van der Waals surface area contributed by atoms with Gasteiger partial charge in [-0.3, -0.25) is 0 Å². The van der Waals surface area contributed by atoms with E-state index in [1.807, 2.05) is 102 Å². The van der Waals surface area contributed by atoms with Crippen LogP contribution in [0.2, 0.25) is 0 Å². The molecule has 2 atom stereocenters. The van der Waals surface area contributed by atoms with Crippen LogP contribution in [0.4, 0.5) is 0 Å². The third kappa shape index (κ3) is 8.96. The molecule has 3 aromatic carbocycles. The van der Waals surface area contributed by atoms with Crippen molar-refractivity contribution in [3.8, 4) is 0 Å². The van der Waals surface area contributed by atoms with Crippen LogP contribution in [-0.2, 0) is 38.5 Å². The zero-order chi connectivity index (χ0) is 23.8. The fraction of sp³-hybridized carbons (Fsp3) is 0.269. The molecule has 2 unspecified atom stereocenters. The van der Waals surface area contributed by atoms with E-state index in [1.165, 1.54) is 0 Å². The molecule has 3 rings (SSSR count). The van der Waals surface area contributed by atoms with Crippen LogP contribution >= 0.6 is 9.69 Å². The molecular formula is C26H31ClN2O2RuS. The number of nitrogens with one attached hydrogen (secondary N) is 1. The molecular weight excluding hydrogens is 541 g/mol. The molecule has 0 fully saturated rings. The average Bonchev–Trinajstić information content (AvgIpc) is 2.79. The van der Waals surface area contributed by atoms with Crippen molar-refractivity contribution < 1.29 is 25.7 Å². The normalized spacial score (nSPS) is 13.1. The zero-order valence-corrected chi connectivity index (χ0v) is 22.7. The van der Waals surface area contributed by atoms with Crippen molar-refractivity contribution in [2.75, 3.05) is 0 Å². The number of hydrogen-bond acceptors (Lipinski definition) is 2. The van der Waals surface area contributed by atoms with Gasteiger partial charge in [-0.25, -0.2) is 8.42 Å². The Morgan fingerprint density at radius 3 is 1.91 bits per heavy atom. The van der Waals surface area contributed by atoms with Gasteiger partial charge < -0.3 is 17.9 Å². The summed E-state index contributed by atoms with van der Waals surface area (Å²) in [4.78, 5) is 0. The first-order valence-corrected chi connectivity index (χ1v) is 14.0. The van der Waals surface area contributed by atoms with Crippen molar-refractivity contribution in [1.82, 2.24) is 0 Å². The second-order valence-electron chi connectivity index (χ2n) is 8.53. The summed E-state index contributed by atoms with van der Waals surface area (Å²) >= 11 is 1.82. The van der Waals surface area contributed by atoms with Crippen molar-refractivity contribution in [2.45, 2.75) is 44.0 Å². The minimum atomic E-state index is -3.79. The van der Waals surface area contributed by atoms with Crippen LogP contribution in [0.3, 0.4) is 0 Å². The summed E-state index contributed by atoms with van der Waals surface area (Å²) in [5, 5.41) is 0. The van der Waals surface area contributed by atoms with Crippen LogP contribution in [0.1, 0.15) is 55.1 Å². The Kier molecular flexibility index (Phi) is 11.9. The number of nitrogens with zero attached hydrogens (tertiary/aromatic N) is 1. The van der Waals surface area contributed by atoms with Crippen LogP contribution < -0.4 is 0 Å². The summed E-state index contributed by atoms with van der Waals surface area (Å²) in [6.45, 7) is 6.29. The average molecular weight is 572 g/mol. The molecule has 0 bridgehead atoms. The molecule has 0 aliphatic carbocycles. The molecule has 0 saturated heterocycles. The molecule has 33 heavy (non-hydrogen) atoms. The van der Waals surface area contributed by atoms with E-state index in [2.05, 4.69) is 35.2 Å². The van der Waals surface area contributed by atoms with Crippen molar-refractivity contribution >= 4 is 19.7 Å². The van der Waals surface area contributed by atoms with Gasteiger partial charge in [-0.2, -0.15) is 0 Å². The number of hydrogen-bond donors (Lipinski definition) is 0. The number of rotatable bonds is 7. The summed E-state index contributed by atoms with van der Waals surface area (Å²) in [5.74, 6) is -0.179. The Balaban J connectivity index is 0.00000177. The second kappa shape index (κ2) is 13.4. The fourth-order valence-electron chi connectivity index (χ4n) is 3.36. The van der Waals surface area contributed by atoms with Gasteiger partial charge in [-0.15, -0.1) is 12.1 Å². The number of benzene rings is 3. The molecule has 0 aliphatic rings. The molecule has 178 valence electrons. The van der Waals surface area contributed by atoms with Crippen molar-refractivity contribution in [1.29, 1.82) is 0 Å². The van der Waals surface area contributed by atoms with Crippen LogP contribution in [0.5, 0.6) is 0 Å². The van der Waals surface area contributed by atoms with E-state index < -0.39 is 22.1 Å². The van der Waals surface area contributed by atoms with Gasteiger partial charge in [0.25, 0.3) is 0 Å². The molecule has 0 saturated carbocycles. The summed E-state index contributed by atoms with van der Waals surface area (Å²) in [6.07, 6.45) is 0. The van der Waals surface area contributed by atoms with Gasteiger partial charge >= 0.3 is 27.0 Å². The Labute approximate surface area is 213 Å². The quantitative estimate of drug-likeness (QED) is 0.214. The SMILES string of the molecule is CC(C)(C)c1cccc(CS(=O)(=O)[N-]C(c2ccccc2)C([NH-])c2ccccc2)c1.[CH3-].[Cl][Ru+3]. The molecule has 0 radical (unpaired) electrons. The molecule has 0 aromatic heterocycles. The first kappa shape index (κ1) is 29.5. The molecule has 4 nitrogen and oxygen atoms in total. The second-order valence-corrected chi connectivity index (χ2v) is 10.2. The third-order valence-electron chi connectivity index (χ3n) is 5.03. The molecule has 0 amide bonds. The van der Waals surface area contributed by atoms with Crippen molar-refractivity contribution in [3.63, 3.8) is 0 Å². The van der Waals surface area contributed by atoms with E-state index in [9.17, 15) is 8.42 Å². The molecule has 3 aromatic rings. The summed E-state index contributed by atoms with van der Waals surface area (Å²) in [7, 11) is 0.777. The predicted molar refractivity (Wildman–Crippen MR) is 136 cm³/mol. The molecule has 0 aliphatic heterocycles. The Morgan fingerprint density at radius 1 is 0.879 bits per heavy atom. The Bertz CT molecular complexity index is 1070. The summed E-state index contributed by atoms with van der Waals surface area (Å²) in [5.41, 5.74) is 11.9. The monoisotopic (exact) mass is 572 g/mol. The third-order valence-corrected chi connectivity index (χ3v) is 6.28. The summed E-state index contributed by atoms with van der Waals surface area (Å²) < 4.78 is 30.3. The first-order chi connectivity index (χ1) is 15.2. The number of halogens is 1. The van der Waals surface area contributed by atoms with E-state index in [-0.39, 0.29) is 18.6 Å². The van der Waals surface area contributed by atoms with Gasteiger partial charge in [0.1, 0.15) is 0 Å². The minimum absolute atomic E-state index is 0. The standard InChI is InChI=1S/C25H28N2O2S.CH3.ClH.Ru/c1-25(2,3)22-16-10-11-19(17-22)18-30(28,29)27-24(21-14-8-5-9-15-21)23(26)20-12-6-4-7-13-20;;;/h4-17,23-24,26H,18H2,1-3H3;1H3;1H;/q-2;-1;;+4/p-1. The van der Waals surface area contributed by atoms with Crippen molar-refractivity contribution in [3.05, 3.63) is 125 Å². The summed E-state index contributed by atoms with van der Waals surface area (Å²) in [6, 6.07) is 24.5. The topological polar surface area (TPSA) is 72.0 Å². The van der Waals surface area contributed by atoms with Crippen LogP contribution in [0.25, 0.3) is 10.5 Å². The van der Waals surface area contributed by atoms with E-state index in [4.69, 9.17) is 5.73 Å². The molecule has 0 heterocycles. The maximum atomic E-state index is 13.0. The van der Waals surface area contributed by atoms with Crippen LogP contribution in [0.15, 0.2) is 84.9 Å². The van der Waals surface area contributed by atoms with Crippen molar-refractivity contribution in [2.24, 2.45) is 0 Å². The van der Waals surface area contributed by atoms with Gasteiger partial charge in [0.2, 0.25) is 0 Å². The van der Waals surface area contributed by atoms with Crippen LogP contribution in [0, 0.1) is 7.43 Å². The van der Waals surface area contributed by atoms with Crippen LogP contribution in [-0.4, -0.2) is 8.42 Å². The van der Waals surface area contributed by atoms with Gasteiger partial charge in [-0.1, -0.05) is 117 Å². The van der Waals surface area contributed by atoms with Gasteiger partial charge in [-0.05, 0) is 16.5 Å². The van der Waals surface area contributed by atoms with E-state index in [0.29, 0.717) is 11.1 Å². The maximum absolute atomic E-state index is 13.0. The van der Waals surface area contributed by atoms with E-state index in [1.54, 1.807) is 0 Å². The van der Waals surface area contributed by atoms with Gasteiger partial charge in [0, 0.05) is 0 Å². The van der Waals surface area contributed by atoms with E-state index in [0.717, 1.165) is 11.1 Å². The zero-order valence-electron chi connectivity index (χ0n) is 19.3. The van der Waals surface area contributed by atoms with E-state index >= 15 is 0 Å². The number of sulfonamides is 1. The molecule has 0 spiro atoms. The first-order valence-electron chi connectivity index (χ1n) is 10.1. The predicted octanol–water partition coefficient (Wildman–Crippen LogP) is 7.86. The molecule has 1 N–H and O–H groups in total.